The molecule has 9 aromatic rings. The van der Waals surface area contributed by atoms with Crippen molar-refractivity contribution in [2.24, 2.45) is 0 Å². The van der Waals surface area contributed by atoms with Crippen LogP contribution in [-0.2, 0) is 0 Å². The van der Waals surface area contributed by atoms with Crippen molar-refractivity contribution in [2.45, 2.75) is 6.92 Å². The third-order valence-corrected chi connectivity index (χ3v) is 7.85. The Kier molecular flexibility index (Phi) is 3.42. The number of nitrogens with zero attached hydrogens (tertiary/aromatic N) is 5. The molecule has 0 saturated carbocycles. The van der Waals surface area contributed by atoms with Gasteiger partial charge in [0, 0.05) is 43.9 Å². The van der Waals surface area contributed by atoms with Crippen molar-refractivity contribution in [1.82, 2.24) is 23.9 Å². The van der Waals surface area contributed by atoms with E-state index in [4.69, 9.17) is 9.97 Å². The number of aromatic nitrogens is 5. The molecule has 9 rings (SSSR count). The maximum absolute atomic E-state index is 5.02. The predicted octanol–water partition coefficient (Wildman–Crippen LogP) is 7.58. The maximum Gasteiger partial charge on any atom is 0.236 e. The zero-order chi connectivity index (χ0) is 24.2. The molecular formula is C32H19N5. The summed E-state index contributed by atoms with van der Waals surface area (Å²) in [4.78, 5) is 14.6. The largest absolute Gasteiger partial charge is 0.308 e. The predicted molar refractivity (Wildman–Crippen MR) is 151 cm³/mol. The van der Waals surface area contributed by atoms with E-state index in [0.717, 1.165) is 22.1 Å². The fourth-order valence-corrected chi connectivity index (χ4v) is 6.36. The Balaban J connectivity index is 1.61. The van der Waals surface area contributed by atoms with Crippen LogP contribution in [0.15, 0.2) is 97.2 Å². The summed E-state index contributed by atoms with van der Waals surface area (Å²) in [5.41, 5.74) is 7.55. The lowest BCUT2D eigenvalue weighted by Gasteiger charge is -2.09. The van der Waals surface area contributed by atoms with Gasteiger partial charge in [0.1, 0.15) is 0 Å². The molecule has 0 aliphatic carbocycles. The van der Waals surface area contributed by atoms with E-state index in [9.17, 15) is 0 Å². The lowest BCUT2D eigenvalue weighted by atomic mass is 10.0. The minimum atomic E-state index is 0.651. The first-order chi connectivity index (χ1) is 18.3. The molecule has 37 heavy (non-hydrogen) atoms. The molecule has 172 valence electrons. The van der Waals surface area contributed by atoms with Crippen molar-refractivity contribution in [3.8, 4) is 5.95 Å². The van der Waals surface area contributed by atoms with Gasteiger partial charge in [0.05, 0.1) is 33.3 Å². The number of benzene rings is 4. The number of rotatable bonds is 1. The third-order valence-electron chi connectivity index (χ3n) is 7.85. The van der Waals surface area contributed by atoms with Gasteiger partial charge in [-0.1, -0.05) is 54.6 Å². The molecular weight excluding hydrogens is 454 g/mol. The monoisotopic (exact) mass is 473 g/mol. The molecule has 0 unspecified atom stereocenters. The number of para-hydroxylation sites is 3. The maximum atomic E-state index is 5.02. The van der Waals surface area contributed by atoms with Crippen molar-refractivity contribution >= 4 is 70.9 Å². The van der Waals surface area contributed by atoms with E-state index in [-0.39, 0.29) is 0 Å². The van der Waals surface area contributed by atoms with Gasteiger partial charge in [0.15, 0.2) is 5.65 Å². The number of hydrogen-bond donors (Lipinski definition) is 0. The summed E-state index contributed by atoms with van der Waals surface area (Å²) in [6, 6.07) is 32.3. The van der Waals surface area contributed by atoms with E-state index in [2.05, 4.69) is 92.8 Å². The molecule has 4 aromatic carbocycles. The highest BCUT2D eigenvalue weighted by atomic mass is 15.2. The molecule has 0 N–H and O–H groups in total. The molecule has 0 radical (unpaired) electrons. The zero-order valence-electron chi connectivity index (χ0n) is 20.0. The summed E-state index contributed by atoms with van der Waals surface area (Å²) < 4.78 is 4.66. The first kappa shape index (κ1) is 19.2. The second kappa shape index (κ2) is 6.59. The number of aryl methyl sites for hydroxylation is 1. The summed E-state index contributed by atoms with van der Waals surface area (Å²) in [7, 11) is 0. The van der Waals surface area contributed by atoms with Gasteiger partial charge in [-0.05, 0) is 43.3 Å². The minimum absolute atomic E-state index is 0.651. The summed E-state index contributed by atoms with van der Waals surface area (Å²) in [6.07, 6.45) is 1.79. The normalized spacial score (nSPS) is 12.5. The van der Waals surface area contributed by atoms with Gasteiger partial charge in [0.25, 0.3) is 0 Å². The fraction of sp³-hybridized carbons (Fsp3) is 0.0312. The molecule has 5 nitrogen and oxygen atoms in total. The average Bonchev–Trinajstić information content (AvgIpc) is 3.57. The van der Waals surface area contributed by atoms with Crippen molar-refractivity contribution in [1.29, 1.82) is 0 Å². The topological polar surface area (TPSA) is 48.0 Å². The molecule has 0 bridgehead atoms. The van der Waals surface area contributed by atoms with Crippen LogP contribution in [-0.4, -0.2) is 23.9 Å². The van der Waals surface area contributed by atoms with E-state index < -0.39 is 0 Å². The smallest absolute Gasteiger partial charge is 0.236 e. The lowest BCUT2D eigenvalue weighted by molar-refractivity contribution is 0.983. The molecule has 0 aliphatic heterocycles. The van der Waals surface area contributed by atoms with Crippen LogP contribution in [0.3, 0.4) is 0 Å². The van der Waals surface area contributed by atoms with Crippen molar-refractivity contribution in [2.75, 3.05) is 0 Å². The summed E-state index contributed by atoms with van der Waals surface area (Å²) >= 11 is 0. The average molecular weight is 474 g/mol. The second-order valence-corrected chi connectivity index (χ2v) is 9.75. The van der Waals surface area contributed by atoms with Crippen LogP contribution < -0.4 is 0 Å². The van der Waals surface area contributed by atoms with Crippen LogP contribution in [0.1, 0.15) is 5.69 Å². The third kappa shape index (κ3) is 2.27. The number of fused-ring (bicyclic) bond motifs is 11. The van der Waals surface area contributed by atoms with E-state index >= 15 is 0 Å². The van der Waals surface area contributed by atoms with Gasteiger partial charge in [0.2, 0.25) is 5.95 Å². The number of pyridine rings is 1. The molecule has 5 heteroatoms. The van der Waals surface area contributed by atoms with Crippen LogP contribution in [0.4, 0.5) is 0 Å². The van der Waals surface area contributed by atoms with E-state index in [0.29, 0.717) is 11.6 Å². The fourth-order valence-electron chi connectivity index (χ4n) is 6.36. The Hall–Kier alpha value is -5.03. The Morgan fingerprint density at radius 1 is 0.568 bits per heavy atom. The highest BCUT2D eigenvalue weighted by Crippen LogP contribution is 2.46. The van der Waals surface area contributed by atoms with Crippen molar-refractivity contribution < 1.29 is 0 Å². The molecule has 0 amide bonds. The van der Waals surface area contributed by atoms with Crippen LogP contribution in [0.25, 0.3) is 76.9 Å². The van der Waals surface area contributed by atoms with Crippen LogP contribution >= 0.6 is 0 Å². The highest BCUT2D eigenvalue weighted by molar-refractivity contribution is 6.34. The Bertz CT molecular complexity index is 2370. The van der Waals surface area contributed by atoms with Crippen LogP contribution in [0.2, 0.25) is 0 Å². The van der Waals surface area contributed by atoms with E-state index in [1.807, 2.05) is 19.1 Å². The zero-order valence-corrected chi connectivity index (χ0v) is 20.0. The van der Waals surface area contributed by atoms with Crippen molar-refractivity contribution in [3.05, 3.63) is 103 Å². The Labute approximate surface area is 210 Å². The van der Waals surface area contributed by atoms with Gasteiger partial charge in [-0.3, -0.25) is 4.57 Å². The van der Waals surface area contributed by atoms with Gasteiger partial charge < -0.3 is 4.40 Å². The number of hydrogen-bond acceptors (Lipinski definition) is 3. The summed E-state index contributed by atoms with van der Waals surface area (Å²) in [5, 5.41) is 8.39. The van der Waals surface area contributed by atoms with Crippen LogP contribution in [0, 0.1) is 6.92 Å². The molecule has 0 aliphatic rings. The first-order valence-corrected chi connectivity index (χ1v) is 12.5. The minimum Gasteiger partial charge on any atom is -0.308 e. The molecule has 0 fully saturated rings. The summed E-state index contributed by atoms with van der Waals surface area (Å²) in [6.45, 7) is 2.04. The highest BCUT2D eigenvalue weighted by Gasteiger charge is 2.24. The Morgan fingerprint density at radius 3 is 2.00 bits per heavy atom. The quantitative estimate of drug-likeness (QED) is 0.247. The van der Waals surface area contributed by atoms with E-state index in [1.165, 1.54) is 48.9 Å². The molecule has 5 aromatic heterocycles. The van der Waals surface area contributed by atoms with Gasteiger partial charge in [-0.15, -0.1) is 0 Å². The molecule has 0 spiro atoms. The lowest BCUT2D eigenvalue weighted by Crippen LogP contribution is -2.04. The van der Waals surface area contributed by atoms with Gasteiger partial charge in [-0.2, -0.15) is 4.98 Å². The van der Waals surface area contributed by atoms with Gasteiger partial charge in [-0.25, -0.2) is 9.97 Å². The summed E-state index contributed by atoms with van der Waals surface area (Å²) in [5.74, 6) is 0.651. The SMILES string of the molecule is Cc1nc(-n2c3ccccc3c3cc4c5ccccc5n5c6ccccc6c(c32)c45)nc2ncccc12. The van der Waals surface area contributed by atoms with Crippen LogP contribution in [0.5, 0.6) is 0 Å². The standard InChI is InChI=1S/C32H19N5/c1-18-19-12-8-16-33-31(19)35-32(34-18)37-26-14-6-3-10-21(26)24-17-23-20-9-2-5-13-25(20)36-27-15-7-4-11-22(27)28(29(23)36)30(24)37/h2-17H,1H3. The molecule has 5 heterocycles. The van der Waals surface area contributed by atoms with Gasteiger partial charge >= 0.3 is 0 Å². The van der Waals surface area contributed by atoms with E-state index in [1.54, 1.807) is 6.20 Å². The molecule has 0 saturated heterocycles. The first-order valence-electron chi connectivity index (χ1n) is 12.5. The molecule has 0 atom stereocenters. The van der Waals surface area contributed by atoms with Crippen molar-refractivity contribution in [3.63, 3.8) is 0 Å². The Morgan fingerprint density at radius 2 is 1.19 bits per heavy atom. The second-order valence-electron chi connectivity index (χ2n) is 9.75.